The van der Waals surface area contributed by atoms with Gasteiger partial charge in [0.05, 0.1) is 31.8 Å². The van der Waals surface area contributed by atoms with Crippen LogP contribution in [0, 0.1) is 6.92 Å². The lowest BCUT2D eigenvalue weighted by Gasteiger charge is -2.16. The number of nitrogens with zero attached hydrogens (tertiary/aromatic N) is 3. The molecule has 2 heterocycles. The SMILES string of the molecule is COc1ccc(-c2[nH]ncc2CN(C)Cc2cc(C)[nH]n2)c(OC)c1. The summed E-state index contributed by atoms with van der Waals surface area (Å²) in [6, 6.07) is 7.82. The Bertz CT molecular complexity index is 840. The molecule has 0 atom stereocenters. The quantitative estimate of drug-likeness (QED) is 0.691. The number of aromatic amines is 2. The normalized spacial score (nSPS) is 11.1. The molecular formula is C18H23N5O2. The molecule has 7 nitrogen and oxygen atoms in total. The monoisotopic (exact) mass is 341 g/mol. The second-order valence-corrected chi connectivity index (χ2v) is 6.05. The highest BCUT2D eigenvalue weighted by Gasteiger charge is 2.15. The number of hydrogen-bond acceptors (Lipinski definition) is 5. The van der Waals surface area contributed by atoms with Crippen LogP contribution in [-0.4, -0.2) is 46.6 Å². The number of methoxy groups -OCH3 is 2. The zero-order chi connectivity index (χ0) is 17.8. The number of H-pyrrole nitrogens is 2. The second-order valence-electron chi connectivity index (χ2n) is 6.05. The number of aryl methyl sites for hydroxylation is 1. The van der Waals surface area contributed by atoms with Gasteiger partial charge in [-0.25, -0.2) is 0 Å². The van der Waals surface area contributed by atoms with Crippen LogP contribution in [0.1, 0.15) is 17.0 Å². The highest BCUT2D eigenvalue weighted by Crippen LogP contribution is 2.34. The van der Waals surface area contributed by atoms with Crippen LogP contribution in [0.3, 0.4) is 0 Å². The Morgan fingerprint density at radius 3 is 2.60 bits per heavy atom. The molecule has 0 saturated carbocycles. The molecule has 3 rings (SSSR count). The van der Waals surface area contributed by atoms with E-state index in [0.717, 1.165) is 52.8 Å². The molecule has 1 aromatic carbocycles. The van der Waals surface area contributed by atoms with Crippen LogP contribution in [0.15, 0.2) is 30.5 Å². The van der Waals surface area contributed by atoms with Gasteiger partial charge in [0.1, 0.15) is 11.5 Å². The highest BCUT2D eigenvalue weighted by atomic mass is 16.5. The predicted molar refractivity (Wildman–Crippen MR) is 95.6 cm³/mol. The van der Waals surface area contributed by atoms with Gasteiger partial charge in [0, 0.05) is 36.0 Å². The maximum absolute atomic E-state index is 5.51. The third kappa shape index (κ3) is 3.83. The fourth-order valence-corrected chi connectivity index (χ4v) is 2.85. The molecule has 0 amide bonds. The summed E-state index contributed by atoms with van der Waals surface area (Å²) in [5.74, 6) is 1.50. The van der Waals surface area contributed by atoms with E-state index in [0.29, 0.717) is 0 Å². The van der Waals surface area contributed by atoms with Gasteiger partial charge in [-0.15, -0.1) is 0 Å². The highest BCUT2D eigenvalue weighted by molar-refractivity contribution is 5.71. The number of aromatic nitrogens is 4. The maximum Gasteiger partial charge on any atom is 0.131 e. The zero-order valence-corrected chi connectivity index (χ0v) is 15.0. The Morgan fingerprint density at radius 2 is 1.92 bits per heavy atom. The van der Waals surface area contributed by atoms with Crippen molar-refractivity contribution >= 4 is 0 Å². The molecule has 0 aliphatic heterocycles. The van der Waals surface area contributed by atoms with Crippen molar-refractivity contribution in [1.29, 1.82) is 0 Å². The van der Waals surface area contributed by atoms with Crippen LogP contribution >= 0.6 is 0 Å². The van der Waals surface area contributed by atoms with Crippen molar-refractivity contribution in [3.63, 3.8) is 0 Å². The summed E-state index contributed by atoms with van der Waals surface area (Å²) in [4.78, 5) is 2.19. The Morgan fingerprint density at radius 1 is 1.08 bits per heavy atom. The third-order valence-corrected chi connectivity index (χ3v) is 4.03. The molecule has 132 valence electrons. The first-order valence-corrected chi connectivity index (χ1v) is 8.04. The minimum Gasteiger partial charge on any atom is -0.497 e. The van der Waals surface area contributed by atoms with E-state index in [2.05, 4.69) is 38.4 Å². The van der Waals surface area contributed by atoms with E-state index in [-0.39, 0.29) is 0 Å². The molecule has 7 heteroatoms. The maximum atomic E-state index is 5.51. The predicted octanol–water partition coefficient (Wildman–Crippen LogP) is 2.76. The Labute approximate surface area is 147 Å². The summed E-state index contributed by atoms with van der Waals surface area (Å²) in [5.41, 5.74) is 5.09. The van der Waals surface area contributed by atoms with Crippen molar-refractivity contribution in [3.8, 4) is 22.8 Å². The summed E-state index contributed by atoms with van der Waals surface area (Å²) in [5, 5.41) is 14.6. The smallest absolute Gasteiger partial charge is 0.131 e. The number of benzene rings is 1. The van der Waals surface area contributed by atoms with Crippen LogP contribution < -0.4 is 9.47 Å². The largest absolute Gasteiger partial charge is 0.497 e. The van der Waals surface area contributed by atoms with Gasteiger partial charge < -0.3 is 9.47 Å². The molecule has 3 aromatic rings. The average Bonchev–Trinajstić information content (AvgIpc) is 3.23. The van der Waals surface area contributed by atoms with Gasteiger partial charge in [-0.1, -0.05) is 0 Å². The van der Waals surface area contributed by atoms with Gasteiger partial charge in [0.25, 0.3) is 0 Å². The zero-order valence-electron chi connectivity index (χ0n) is 15.0. The molecule has 0 fully saturated rings. The molecule has 0 unspecified atom stereocenters. The molecule has 0 saturated heterocycles. The number of rotatable bonds is 7. The van der Waals surface area contributed by atoms with E-state index in [1.165, 1.54) is 0 Å². The molecule has 25 heavy (non-hydrogen) atoms. The third-order valence-electron chi connectivity index (χ3n) is 4.03. The average molecular weight is 341 g/mol. The van der Waals surface area contributed by atoms with Gasteiger partial charge in [-0.05, 0) is 32.2 Å². The first-order valence-electron chi connectivity index (χ1n) is 8.04. The molecule has 2 N–H and O–H groups in total. The molecule has 0 bridgehead atoms. The fourth-order valence-electron chi connectivity index (χ4n) is 2.85. The second kappa shape index (κ2) is 7.40. The summed E-state index contributed by atoms with van der Waals surface area (Å²) in [7, 11) is 5.36. The first kappa shape index (κ1) is 17.0. The fraction of sp³-hybridized carbons (Fsp3) is 0.333. The molecule has 0 aliphatic rings. The van der Waals surface area contributed by atoms with Crippen molar-refractivity contribution in [1.82, 2.24) is 25.3 Å². The molecular weight excluding hydrogens is 318 g/mol. The van der Waals surface area contributed by atoms with Crippen LogP contribution in [0.5, 0.6) is 11.5 Å². The van der Waals surface area contributed by atoms with Gasteiger partial charge >= 0.3 is 0 Å². The molecule has 2 aromatic heterocycles. The Balaban J connectivity index is 1.80. The van der Waals surface area contributed by atoms with E-state index in [4.69, 9.17) is 9.47 Å². The van der Waals surface area contributed by atoms with Gasteiger partial charge in [0.15, 0.2) is 0 Å². The van der Waals surface area contributed by atoms with Crippen molar-refractivity contribution in [2.75, 3.05) is 21.3 Å². The van der Waals surface area contributed by atoms with E-state index < -0.39 is 0 Å². The van der Waals surface area contributed by atoms with E-state index in [1.54, 1.807) is 14.2 Å². The van der Waals surface area contributed by atoms with E-state index in [1.807, 2.05) is 31.3 Å². The molecule has 0 radical (unpaired) electrons. The first-order chi connectivity index (χ1) is 12.1. The number of nitrogens with one attached hydrogen (secondary N) is 2. The standard InChI is InChI=1S/C18H23N5O2/c1-12-7-14(21-20-12)11-23(2)10-13-9-19-22-18(13)16-6-5-15(24-3)8-17(16)25-4/h5-9H,10-11H2,1-4H3,(H,19,22)(H,20,21). The minimum absolute atomic E-state index is 0.743. The Kier molecular flexibility index (Phi) is 5.04. The molecule has 0 aliphatic carbocycles. The lowest BCUT2D eigenvalue weighted by Crippen LogP contribution is -2.17. The van der Waals surface area contributed by atoms with Crippen LogP contribution in [0.2, 0.25) is 0 Å². The van der Waals surface area contributed by atoms with Gasteiger partial charge in [-0.3, -0.25) is 15.1 Å². The van der Waals surface area contributed by atoms with E-state index >= 15 is 0 Å². The lowest BCUT2D eigenvalue weighted by molar-refractivity contribution is 0.315. The summed E-state index contributed by atoms with van der Waals surface area (Å²) in [6.07, 6.45) is 1.85. The number of hydrogen-bond donors (Lipinski definition) is 2. The van der Waals surface area contributed by atoms with Gasteiger partial charge in [-0.2, -0.15) is 10.2 Å². The van der Waals surface area contributed by atoms with Crippen molar-refractivity contribution < 1.29 is 9.47 Å². The lowest BCUT2D eigenvalue weighted by atomic mass is 10.1. The van der Waals surface area contributed by atoms with Crippen molar-refractivity contribution in [3.05, 3.63) is 47.4 Å². The minimum atomic E-state index is 0.743. The summed E-state index contributed by atoms with van der Waals surface area (Å²) < 4.78 is 10.8. The van der Waals surface area contributed by atoms with Crippen molar-refractivity contribution in [2.24, 2.45) is 0 Å². The summed E-state index contributed by atoms with van der Waals surface area (Å²) >= 11 is 0. The number of ether oxygens (including phenoxy) is 2. The Hall–Kier alpha value is -2.80. The van der Waals surface area contributed by atoms with Crippen molar-refractivity contribution in [2.45, 2.75) is 20.0 Å². The van der Waals surface area contributed by atoms with Crippen LogP contribution in [0.25, 0.3) is 11.3 Å². The topological polar surface area (TPSA) is 79.1 Å². The van der Waals surface area contributed by atoms with Crippen LogP contribution in [-0.2, 0) is 13.1 Å². The molecule has 0 spiro atoms. The van der Waals surface area contributed by atoms with Gasteiger partial charge in [0.2, 0.25) is 0 Å². The van der Waals surface area contributed by atoms with Crippen LogP contribution in [0.4, 0.5) is 0 Å². The van der Waals surface area contributed by atoms with E-state index in [9.17, 15) is 0 Å². The summed E-state index contributed by atoms with van der Waals surface area (Å²) in [6.45, 7) is 3.50.